The molecule has 0 aromatic carbocycles. The van der Waals surface area contributed by atoms with Crippen LogP contribution in [0.4, 0.5) is 0 Å². The number of hydrogen-bond acceptors (Lipinski definition) is 4. The number of rotatable bonds is 5. The molecule has 0 aliphatic carbocycles. The predicted molar refractivity (Wildman–Crippen MR) is 55.7 cm³/mol. The Morgan fingerprint density at radius 2 is 2.46 bits per heavy atom. The molecular weight excluding hydrogens is 184 g/mol. The molecule has 1 aromatic heterocycles. The molecule has 0 spiro atoms. The summed E-state index contributed by atoms with van der Waals surface area (Å²) in [6.07, 6.45) is 0. The molecule has 0 fully saturated rings. The molecule has 0 radical (unpaired) electrons. The number of nitrogens with zero attached hydrogens (tertiary/aromatic N) is 1. The molecule has 3 nitrogen and oxygen atoms in total. The molecule has 1 aromatic rings. The van der Waals surface area contributed by atoms with Crippen molar-refractivity contribution in [1.29, 1.82) is 0 Å². The molecule has 3 N–H and O–H groups in total. The van der Waals surface area contributed by atoms with Crippen molar-refractivity contribution in [2.45, 2.75) is 12.6 Å². The van der Waals surface area contributed by atoms with Gasteiger partial charge in [0.25, 0.3) is 0 Å². The SMILES string of the molecule is CN(Cc1cccs1)CC(N)CO. The number of aliphatic hydroxyl groups is 1. The van der Waals surface area contributed by atoms with E-state index in [1.807, 2.05) is 13.1 Å². The van der Waals surface area contributed by atoms with Crippen molar-refractivity contribution in [2.75, 3.05) is 20.2 Å². The molecule has 0 aliphatic heterocycles. The summed E-state index contributed by atoms with van der Waals surface area (Å²) >= 11 is 1.74. The third kappa shape index (κ3) is 3.87. The van der Waals surface area contributed by atoms with Crippen molar-refractivity contribution in [3.63, 3.8) is 0 Å². The van der Waals surface area contributed by atoms with Crippen LogP contribution in [0.3, 0.4) is 0 Å². The minimum Gasteiger partial charge on any atom is -0.395 e. The van der Waals surface area contributed by atoms with Crippen LogP contribution in [0.1, 0.15) is 4.88 Å². The maximum Gasteiger partial charge on any atom is 0.0595 e. The molecule has 1 rings (SSSR count). The van der Waals surface area contributed by atoms with E-state index in [1.165, 1.54) is 4.88 Å². The van der Waals surface area contributed by atoms with Gasteiger partial charge in [-0.25, -0.2) is 0 Å². The summed E-state index contributed by atoms with van der Waals surface area (Å²) in [4.78, 5) is 3.44. The molecule has 4 heteroatoms. The molecule has 0 aliphatic rings. The van der Waals surface area contributed by atoms with Gasteiger partial charge in [0.1, 0.15) is 0 Å². The highest BCUT2D eigenvalue weighted by Crippen LogP contribution is 2.10. The first-order valence-corrected chi connectivity index (χ1v) is 5.17. The van der Waals surface area contributed by atoms with Crippen LogP contribution in [-0.2, 0) is 6.54 Å². The lowest BCUT2D eigenvalue weighted by molar-refractivity contribution is 0.219. The predicted octanol–water partition coefficient (Wildman–Crippen LogP) is 0.500. The zero-order valence-corrected chi connectivity index (χ0v) is 8.63. The maximum atomic E-state index is 8.76. The van der Waals surface area contributed by atoms with Gasteiger partial charge in [0.2, 0.25) is 0 Å². The second-order valence-corrected chi connectivity index (χ2v) is 4.25. The average Bonchev–Trinajstić information content (AvgIpc) is 2.56. The van der Waals surface area contributed by atoms with Gasteiger partial charge in [-0.1, -0.05) is 6.07 Å². The van der Waals surface area contributed by atoms with E-state index >= 15 is 0 Å². The molecule has 1 unspecified atom stereocenters. The van der Waals surface area contributed by atoms with Gasteiger partial charge in [-0.15, -0.1) is 11.3 Å². The summed E-state index contributed by atoms with van der Waals surface area (Å²) in [5.41, 5.74) is 5.61. The normalized spacial score (nSPS) is 13.5. The fourth-order valence-electron chi connectivity index (χ4n) is 1.19. The third-order valence-electron chi connectivity index (χ3n) is 1.79. The highest BCUT2D eigenvalue weighted by molar-refractivity contribution is 7.09. The summed E-state index contributed by atoms with van der Waals surface area (Å²) in [7, 11) is 2.01. The van der Waals surface area contributed by atoms with E-state index in [1.54, 1.807) is 11.3 Å². The molecule has 1 atom stereocenters. The number of likely N-dealkylation sites (N-methyl/N-ethyl adjacent to an activating group) is 1. The zero-order valence-electron chi connectivity index (χ0n) is 7.81. The van der Waals surface area contributed by atoms with E-state index in [2.05, 4.69) is 16.3 Å². The Morgan fingerprint density at radius 3 is 3.00 bits per heavy atom. The van der Waals surface area contributed by atoms with E-state index in [4.69, 9.17) is 10.8 Å². The first-order valence-electron chi connectivity index (χ1n) is 4.29. The zero-order chi connectivity index (χ0) is 9.68. The van der Waals surface area contributed by atoms with Crippen LogP contribution in [0, 0.1) is 0 Å². The standard InChI is InChI=1S/C9H16N2OS/c1-11(5-8(10)7-12)6-9-3-2-4-13-9/h2-4,8,12H,5-7,10H2,1H3. The first kappa shape index (κ1) is 10.7. The fourth-order valence-corrected chi connectivity index (χ4v) is 1.98. The summed E-state index contributed by atoms with van der Waals surface area (Å²) in [6.45, 7) is 1.69. The minimum atomic E-state index is -0.134. The van der Waals surface area contributed by atoms with Gasteiger partial charge in [-0.3, -0.25) is 4.90 Å². The van der Waals surface area contributed by atoms with Crippen LogP contribution in [0.15, 0.2) is 17.5 Å². The van der Waals surface area contributed by atoms with E-state index in [0.717, 1.165) is 13.1 Å². The van der Waals surface area contributed by atoms with Crippen LogP contribution < -0.4 is 5.73 Å². The Kier molecular flexibility index (Phi) is 4.38. The molecule has 13 heavy (non-hydrogen) atoms. The van der Waals surface area contributed by atoms with Gasteiger partial charge < -0.3 is 10.8 Å². The Balaban J connectivity index is 2.29. The quantitative estimate of drug-likeness (QED) is 0.727. The lowest BCUT2D eigenvalue weighted by Gasteiger charge is -2.18. The summed E-state index contributed by atoms with van der Waals surface area (Å²) in [5.74, 6) is 0. The minimum absolute atomic E-state index is 0.0504. The topological polar surface area (TPSA) is 49.5 Å². The Labute approximate surface area is 82.8 Å². The Hall–Kier alpha value is -0.420. The smallest absolute Gasteiger partial charge is 0.0595 e. The molecule has 0 bridgehead atoms. The first-order chi connectivity index (χ1) is 6.22. The second-order valence-electron chi connectivity index (χ2n) is 3.22. The molecule has 0 saturated heterocycles. The van der Waals surface area contributed by atoms with Crippen molar-refractivity contribution in [2.24, 2.45) is 5.73 Å². The van der Waals surface area contributed by atoms with Crippen LogP contribution in [-0.4, -0.2) is 36.2 Å². The monoisotopic (exact) mass is 200 g/mol. The average molecular weight is 200 g/mol. The van der Waals surface area contributed by atoms with Crippen molar-refractivity contribution in [1.82, 2.24) is 4.90 Å². The van der Waals surface area contributed by atoms with Crippen molar-refractivity contribution < 1.29 is 5.11 Å². The Bertz CT molecular complexity index is 226. The highest BCUT2D eigenvalue weighted by Gasteiger charge is 2.06. The lowest BCUT2D eigenvalue weighted by atomic mass is 10.3. The van der Waals surface area contributed by atoms with Crippen LogP contribution in [0.25, 0.3) is 0 Å². The van der Waals surface area contributed by atoms with Crippen LogP contribution >= 0.6 is 11.3 Å². The highest BCUT2D eigenvalue weighted by atomic mass is 32.1. The molecular formula is C9H16N2OS. The summed E-state index contributed by atoms with van der Waals surface area (Å²) < 4.78 is 0. The maximum absolute atomic E-state index is 8.76. The van der Waals surface area contributed by atoms with E-state index in [9.17, 15) is 0 Å². The largest absolute Gasteiger partial charge is 0.395 e. The summed E-state index contributed by atoms with van der Waals surface area (Å²) in [6, 6.07) is 4.01. The molecule has 0 saturated carbocycles. The van der Waals surface area contributed by atoms with Crippen LogP contribution in [0.5, 0.6) is 0 Å². The number of hydrogen-bond donors (Lipinski definition) is 2. The van der Waals surface area contributed by atoms with Gasteiger partial charge in [0, 0.05) is 24.0 Å². The Morgan fingerprint density at radius 1 is 1.69 bits per heavy atom. The molecule has 1 heterocycles. The van der Waals surface area contributed by atoms with Gasteiger partial charge >= 0.3 is 0 Å². The molecule has 74 valence electrons. The molecule has 0 amide bonds. The van der Waals surface area contributed by atoms with Gasteiger partial charge in [0.15, 0.2) is 0 Å². The summed E-state index contributed by atoms with van der Waals surface area (Å²) in [5, 5.41) is 10.8. The van der Waals surface area contributed by atoms with E-state index in [0.29, 0.717) is 0 Å². The second kappa shape index (κ2) is 5.34. The fraction of sp³-hybridized carbons (Fsp3) is 0.556. The van der Waals surface area contributed by atoms with E-state index in [-0.39, 0.29) is 12.6 Å². The van der Waals surface area contributed by atoms with Crippen molar-refractivity contribution in [3.8, 4) is 0 Å². The third-order valence-corrected chi connectivity index (χ3v) is 2.65. The van der Waals surface area contributed by atoms with Crippen molar-refractivity contribution in [3.05, 3.63) is 22.4 Å². The number of nitrogens with two attached hydrogens (primary N) is 1. The van der Waals surface area contributed by atoms with Crippen LogP contribution in [0.2, 0.25) is 0 Å². The lowest BCUT2D eigenvalue weighted by Crippen LogP contribution is -2.37. The number of thiophene rings is 1. The van der Waals surface area contributed by atoms with Gasteiger partial charge in [-0.05, 0) is 18.5 Å². The van der Waals surface area contributed by atoms with Crippen molar-refractivity contribution >= 4 is 11.3 Å². The van der Waals surface area contributed by atoms with E-state index < -0.39 is 0 Å². The van der Waals surface area contributed by atoms with Gasteiger partial charge in [-0.2, -0.15) is 0 Å². The van der Waals surface area contributed by atoms with Gasteiger partial charge in [0.05, 0.1) is 6.61 Å². The number of aliphatic hydroxyl groups excluding tert-OH is 1.